The summed E-state index contributed by atoms with van der Waals surface area (Å²) >= 11 is 3.22. The van der Waals surface area contributed by atoms with Gasteiger partial charge in [-0.15, -0.1) is 0 Å². The van der Waals surface area contributed by atoms with Crippen LogP contribution in [0.4, 0.5) is 0 Å². The van der Waals surface area contributed by atoms with E-state index in [2.05, 4.69) is 34.7 Å². The highest BCUT2D eigenvalue weighted by atomic mass is 79.9. The Kier molecular flexibility index (Phi) is 6.38. The molecular weight excluding hydrogens is 194 g/mol. The second-order valence-electron chi connectivity index (χ2n) is 2.29. The Hall–Kier alpha value is 0.400. The highest BCUT2D eigenvalue weighted by molar-refractivity contribution is 9.09. The minimum atomic E-state index is -0.222. The molecule has 0 heterocycles. The molecule has 0 fully saturated rings. The first-order valence-electron chi connectivity index (χ1n) is 3.70. The first-order chi connectivity index (χ1) is 4.74. The van der Waals surface area contributed by atoms with Gasteiger partial charge >= 0.3 is 0 Å². The first kappa shape index (κ1) is 10.4. The highest BCUT2D eigenvalue weighted by Crippen LogP contribution is 1.94. The quantitative estimate of drug-likeness (QED) is 0.686. The molecule has 0 saturated carbocycles. The van der Waals surface area contributed by atoms with E-state index in [0.717, 1.165) is 19.6 Å². The summed E-state index contributed by atoms with van der Waals surface area (Å²) in [5.41, 5.74) is 0. The molecule has 0 amide bonds. The standard InChI is InChI=1S/C7H16BrNO/c1-3-9(4-2)6-7(10)5-8/h7,10H,3-6H2,1-2H3. The van der Waals surface area contributed by atoms with E-state index in [-0.39, 0.29) is 6.10 Å². The van der Waals surface area contributed by atoms with Crippen LogP contribution in [0.1, 0.15) is 13.8 Å². The molecule has 0 spiro atoms. The van der Waals surface area contributed by atoms with Gasteiger partial charge in [0, 0.05) is 11.9 Å². The third-order valence-corrected chi connectivity index (χ3v) is 2.29. The van der Waals surface area contributed by atoms with Crippen molar-refractivity contribution in [3.63, 3.8) is 0 Å². The van der Waals surface area contributed by atoms with Crippen molar-refractivity contribution in [2.75, 3.05) is 25.0 Å². The molecule has 0 aromatic heterocycles. The summed E-state index contributed by atoms with van der Waals surface area (Å²) in [7, 11) is 0. The minimum Gasteiger partial charge on any atom is -0.391 e. The lowest BCUT2D eigenvalue weighted by molar-refractivity contribution is 0.137. The fourth-order valence-corrected chi connectivity index (χ4v) is 1.03. The highest BCUT2D eigenvalue weighted by Gasteiger charge is 2.05. The lowest BCUT2D eigenvalue weighted by Crippen LogP contribution is -2.32. The van der Waals surface area contributed by atoms with Crippen molar-refractivity contribution in [3.05, 3.63) is 0 Å². The van der Waals surface area contributed by atoms with Gasteiger partial charge in [-0.25, -0.2) is 0 Å². The van der Waals surface area contributed by atoms with Crippen LogP contribution in [0.25, 0.3) is 0 Å². The van der Waals surface area contributed by atoms with E-state index in [1.165, 1.54) is 0 Å². The van der Waals surface area contributed by atoms with Crippen LogP contribution in [-0.4, -0.2) is 41.1 Å². The Bertz CT molecular complexity index is 76.0. The predicted octanol–water partition coefficient (Wildman–Crippen LogP) is 1.08. The molecule has 10 heavy (non-hydrogen) atoms. The largest absolute Gasteiger partial charge is 0.391 e. The number of likely N-dealkylation sites (N-methyl/N-ethyl adjacent to an activating group) is 1. The molecule has 0 aromatic rings. The second-order valence-corrected chi connectivity index (χ2v) is 2.94. The molecule has 0 radical (unpaired) electrons. The van der Waals surface area contributed by atoms with Gasteiger partial charge in [0.25, 0.3) is 0 Å². The first-order valence-corrected chi connectivity index (χ1v) is 4.83. The van der Waals surface area contributed by atoms with E-state index in [0.29, 0.717) is 5.33 Å². The maximum absolute atomic E-state index is 9.20. The summed E-state index contributed by atoms with van der Waals surface area (Å²) in [5.74, 6) is 0. The zero-order chi connectivity index (χ0) is 7.98. The molecular formula is C7H16BrNO. The summed E-state index contributed by atoms with van der Waals surface area (Å²) in [4.78, 5) is 2.20. The summed E-state index contributed by atoms with van der Waals surface area (Å²) in [6, 6.07) is 0. The van der Waals surface area contributed by atoms with Crippen molar-refractivity contribution in [1.82, 2.24) is 4.90 Å². The van der Waals surface area contributed by atoms with Crippen LogP contribution in [0.5, 0.6) is 0 Å². The Labute approximate surface area is 71.4 Å². The average Bonchev–Trinajstić information content (AvgIpc) is 1.99. The monoisotopic (exact) mass is 209 g/mol. The van der Waals surface area contributed by atoms with Crippen LogP contribution in [0.3, 0.4) is 0 Å². The molecule has 0 saturated heterocycles. The van der Waals surface area contributed by atoms with Gasteiger partial charge < -0.3 is 10.0 Å². The maximum Gasteiger partial charge on any atom is 0.0763 e. The second kappa shape index (κ2) is 6.13. The fourth-order valence-electron chi connectivity index (χ4n) is 0.829. The fraction of sp³-hybridized carbons (Fsp3) is 1.00. The lowest BCUT2D eigenvalue weighted by atomic mass is 10.3. The summed E-state index contributed by atoms with van der Waals surface area (Å²) < 4.78 is 0. The maximum atomic E-state index is 9.20. The van der Waals surface area contributed by atoms with E-state index >= 15 is 0 Å². The molecule has 0 aliphatic carbocycles. The van der Waals surface area contributed by atoms with E-state index in [1.807, 2.05) is 0 Å². The van der Waals surface area contributed by atoms with E-state index < -0.39 is 0 Å². The summed E-state index contributed by atoms with van der Waals surface area (Å²) in [6.07, 6.45) is -0.222. The van der Waals surface area contributed by atoms with Crippen LogP contribution < -0.4 is 0 Å². The Balaban J connectivity index is 3.41. The topological polar surface area (TPSA) is 23.5 Å². The molecule has 62 valence electrons. The molecule has 2 nitrogen and oxygen atoms in total. The Morgan fingerprint density at radius 3 is 2.20 bits per heavy atom. The van der Waals surface area contributed by atoms with Crippen molar-refractivity contribution in [3.8, 4) is 0 Å². The molecule has 1 N–H and O–H groups in total. The van der Waals surface area contributed by atoms with Crippen LogP contribution in [0, 0.1) is 0 Å². The normalized spacial score (nSPS) is 14.1. The van der Waals surface area contributed by atoms with Gasteiger partial charge in [0.2, 0.25) is 0 Å². The average molecular weight is 210 g/mol. The van der Waals surface area contributed by atoms with Crippen molar-refractivity contribution in [1.29, 1.82) is 0 Å². The SMILES string of the molecule is CCN(CC)CC(O)CBr. The van der Waals surface area contributed by atoms with Crippen molar-refractivity contribution >= 4 is 15.9 Å². The molecule has 3 heteroatoms. The van der Waals surface area contributed by atoms with Gasteiger partial charge in [-0.2, -0.15) is 0 Å². The molecule has 0 aliphatic rings. The zero-order valence-corrected chi connectivity index (χ0v) is 8.26. The number of halogens is 1. The molecule has 0 rings (SSSR count). The van der Waals surface area contributed by atoms with Crippen molar-refractivity contribution in [2.24, 2.45) is 0 Å². The van der Waals surface area contributed by atoms with Gasteiger partial charge in [0.05, 0.1) is 6.10 Å². The van der Waals surface area contributed by atoms with Crippen LogP contribution in [0.2, 0.25) is 0 Å². The Morgan fingerprint density at radius 2 is 1.90 bits per heavy atom. The van der Waals surface area contributed by atoms with Gasteiger partial charge in [-0.05, 0) is 13.1 Å². The molecule has 1 unspecified atom stereocenters. The molecule has 0 aliphatic heterocycles. The number of hydrogen-bond donors (Lipinski definition) is 1. The number of aliphatic hydroxyl groups excluding tert-OH is 1. The number of nitrogens with zero attached hydrogens (tertiary/aromatic N) is 1. The van der Waals surface area contributed by atoms with E-state index in [9.17, 15) is 5.11 Å². The van der Waals surface area contributed by atoms with Crippen LogP contribution >= 0.6 is 15.9 Å². The number of alkyl halides is 1. The van der Waals surface area contributed by atoms with Gasteiger partial charge in [0.15, 0.2) is 0 Å². The van der Waals surface area contributed by atoms with Crippen molar-refractivity contribution < 1.29 is 5.11 Å². The van der Waals surface area contributed by atoms with E-state index in [4.69, 9.17) is 0 Å². The zero-order valence-electron chi connectivity index (χ0n) is 6.68. The van der Waals surface area contributed by atoms with Crippen LogP contribution in [-0.2, 0) is 0 Å². The lowest BCUT2D eigenvalue weighted by Gasteiger charge is -2.20. The smallest absolute Gasteiger partial charge is 0.0763 e. The summed E-state index contributed by atoms with van der Waals surface area (Å²) in [6.45, 7) is 7.01. The van der Waals surface area contributed by atoms with Gasteiger partial charge in [-0.1, -0.05) is 29.8 Å². The Morgan fingerprint density at radius 1 is 1.40 bits per heavy atom. The number of rotatable bonds is 5. The third kappa shape index (κ3) is 4.25. The van der Waals surface area contributed by atoms with E-state index in [1.54, 1.807) is 0 Å². The third-order valence-electron chi connectivity index (χ3n) is 1.54. The van der Waals surface area contributed by atoms with Gasteiger partial charge in [-0.3, -0.25) is 0 Å². The predicted molar refractivity (Wildman–Crippen MR) is 47.6 cm³/mol. The molecule has 0 aromatic carbocycles. The summed E-state index contributed by atoms with van der Waals surface area (Å²) in [5, 5.41) is 9.87. The minimum absolute atomic E-state index is 0.222. The molecule has 1 atom stereocenters. The number of hydrogen-bond acceptors (Lipinski definition) is 2. The van der Waals surface area contributed by atoms with Crippen LogP contribution in [0.15, 0.2) is 0 Å². The number of aliphatic hydroxyl groups is 1. The van der Waals surface area contributed by atoms with Crippen molar-refractivity contribution in [2.45, 2.75) is 20.0 Å². The van der Waals surface area contributed by atoms with Gasteiger partial charge in [0.1, 0.15) is 0 Å². The molecule has 0 bridgehead atoms.